The van der Waals surface area contributed by atoms with E-state index in [4.69, 9.17) is 34.8 Å². The average molecular weight is 578 g/mol. The van der Waals surface area contributed by atoms with Crippen LogP contribution in [-0.4, -0.2) is 35.1 Å². The Morgan fingerprint density at radius 1 is 0.919 bits per heavy atom. The number of amides is 2. The fourth-order valence-electron chi connectivity index (χ4n) is 3.84. The number of benzene rings is 3. The highest BCUT2D eigenvalue weighted by Crippen LogP contribution is 2.26. The molecule has 0 aliphatic carbocycles. The van der Waals surface area contributed by atoms with Crippen molar-refractivity contribution in [2.75, 3.05) is 12.3 Å². The monoisotopic (exact) mass is 576 g/mol. The molecule has 4 nitrogen and oxygen atoms in total. The molecule has 0 aliphatic rings. The van der Waals surface area contributed by atoms with Crippen LogP contribution >= 0.6 is 46.6 Å². The van der Waals surface area contributed by atoms with Crippen molar-refractivity contribution in [1.29, 1.82) is 0 Å². The number of carbonyl (C=O) groups excluding carboxylic acids is 2. The first-order valence-electron chi connectivity index (χ1n) is 12.2. The van der Waals surface area contributed by atoms with Crippen LogP contribution in [0.1, 0.15) is 36.5 Å². The fourth-order valence-corrected chi connectivity index (χ4v) is 5.50. The summed E-state index contributed by atoms with van der Waals surface area (Å²) in [5.74, 6) is 0.471. The summed E-state index contributed by atoms with van der Waals surface area (Å²) in [5.41, 5.74) is 2.67. The van der Waals surface area contributed by atoms with E-state index in [0.29, 0.717) is 33.8 Å². The number of thioether (sulfide) groups is 1. The Kier molecular flexibility index (Phi) is 12.1. The molecule has 37 heavy (non-hydrogen) atoms. The Bertz CT molecular complexity index is 1180. The molecule has 0 heterocycles. The van der Waals surface area contributed by atoms with Crippen molar-refractivity contribution in [3.63, 3.8) is 0 Å². The average Bonchev–Trinajstić information content (AvgIpc) is 2.89. The van der Waals surface area contributed by atoms with E-state index in [1.54, 1.807) is 23.1 Å². The van der Waals surface area contributed by atoms with Gasteiger partial charge in [-0.2, -0.15) is 0 Å². The van der Waals surface area contributed by atoms with E-state index in [1.807, 2.05) is 54.6 Å². The Hall–Kier alpha value is -2.18. The maximum atomic E-state index is 13.7. The van der Waals surface area contributed by atoms with E-state index in [1.165, 1.54) is 11.8 Å². The molecule has 0 aromatic heterocycles. The van der Waals surface area contributed by atoms with Gasteiger partial charge in [0.05, 0.1) is 5.75 Å². The third-order valence-electron chi connectivity index (χ3n) is 5.90. The van der Waals surface area contributed by atoms with Gasteiger partial charge in [-0.05, 0) is 41.3 Å². The molecule has 0 spiro atoms. The van der Waals surface area contributed by atoms with Gasteiger partial charge in [0.2, 0.25) is 11.8 Å². The van der Waals surface area contributed by atoms with E-state index >= 15 is 0 Å². The zero-order valence-corrected chi connectivity index (χ0v) is 23.8. The highest BCUT2D eigenvalue weighted by Gasteiger charge is 2.30. The zero-order valence-electron chi connectivity index (χ0n) is 20.8. The Balaban J connectivity index is 1.87. The lowest BCUT2D eigenvalue weighted by Crippen LogP contribution is -2.51. The molecule has 1 N–H and O–H groups in total. The third kappa shape index (κ3) is 9.26. The molecule has 8 heteroatoms. The van der Waals surface area contributed by atoms with Crippen LogP contribution < -0.4 is 5.32 Å². The maximum Gasteiger partial charge on any atom is 0.243 e. The van der Waals surface area contributed by atoms with Crippen LogP contribution in [0.25, 0.3) is 0 Å². The molecule has 3 aromatic carbocycles. The first-order chi connectivity index (χ1) is 17.9. The lowest BCUT2D eigenvalue weighted by Gasteiger charge is -2.32. The predicted octanol–water partition coefficient (Wildman–Crippen LogP) is 7.44. The normalized spacial score (nSPS) is 11.7. The molecular weight excluding hydrogens is 547 g/mol. The van der Waals surface area contributed by atoms with Crippen molar-refractivity contribution < 1.29 is 9.59 Å². The molecule has 0 fully saturated rings. The summed E-state index contributed by atoms with van der Waals surface area (Å²) < 4.78 is 0. The highest BCUT2D eigenvalue weighted by atomic mass is 35.5. The van der Waals surface area contributed by atoms with Gasteiger partial charge in [-0.25, -0.2) is 0 Å². The molecule has 1 unspecified atom stereocenters. The quantitative estimate of drug-likeness (QED) is 0.215. The van der Waals surface area contributed by atoms with Gasteiger partial charge in [0.25, 0.3) is 0 Å². The molecule has 196 valence electrons. The van der Waals surface area contributed by atoms with Crippen LogP contribution in [0, 0.1) is 0 Å². The molecule has 0 bridgehead atoms. The second-order valence-electron chi connectivity index (χ2n) is 8.69. The summed E-state index contributed by atoms with van der Waals surface area (Å²) >= 11 is 20.4. The number of carbonyl (C=O) groups is 2. The predicted molar refractivity (Wildman–Crippen MR) is 156 cm³/mol. The van der Waals surface area contributed by atoms with Gasteiger partial charge >= 0.3 is 0 Å². The second kappa shape index (κ2) is 15.3. The number of nitrogens with zero attached hydrogens (tertiary/aromatic N) is 1. The summed E-state index contributed by atoms with van der Waals surface area (Å²) in [6.45, 7) is 2.83. The number of halogens is 3. The Labute approximate surface area is 238 Å². The summed E-state index contributed by atoms with van der Waals surface area (Å²) in [4.78, 5) is 28.8. The topological polar surface area (TPSA) is 49.4 Å². The molecule has 0 radical (unpaired) electrons. The molecule has 3 rings (SSSR count). The van der Waals surface area contributed by atoms with Crippen LogP contribution in [0.2, 0.25) is 15.1 Å². The Morgan fingerprint density at radius 3 is 2.35 bits per heavy atom. The van der Waals surface area contributed by atoms with Crippen LogP contribution in [-0.2, 0) is 28.3 Å². The zero-order chi connectivity index (χ0) is 26.6. The highest BCUT2D eigenvalue weighted by molar-refractivity contribution is 7.99. The van der Waals surface area contributed by atoms with Gasteiger partial charge in [-0.3, -0.25) is 9.59 Å². The minimum atomic E-state index is -0.695. The van der Waals surface area contributed by atoms with Gasteiger partial charge in [0.15, 0.2) is 0 Å². The Morgan fingerprint density at radius 2 is 1.65 bits per heavy atom. The third-order valence-corrected chi connectivity index (χ3v) is 7.82. The maximum absolute atomic E-state index is 13.7. The van der Waals surface area contributed by atoms with Crippen LogP contribution in [0.15, 0.2) is 72.8 Å². The first-order valence-corrected chi connectivity index (χ1v) is 14.5. The molecule has 1 atom stereocenters. The van der Waals surface area contributed by atoms with Gasteiger partial charge in [0.1, 0.15) is 6.04 Å². The van der Waals surface area contributed by atoms with Crippen LogP contribution in [0.3, 0.4) is 0 Å². The van der Waals surface area contributed by atoms with Crippen molar-refractivity contribution in [1.82, 2.24) is 10.2 Å². The van der Waals surface area contributed by atoms with Crippen LogP contribution in [0.5, 0.6) is 0 Å². The van der Waals surface area contributed by atoms with E-state index in [2.05, 4.69) is 12.2 Å². The SMILES string of the molecule is CCCCNC(=O)C(Cc1ccccc1)N(Cc1ccc(Cl)cc1Cl)C(=O)CSCc1ccccc1Cl. The van der Waals surface area contributed by atoms with Crippen molar-refractivity contribution in [2.24, 2.45) is 0 Å². The van der Waals surface area contributed by atoms with Crippen molar-refractivity contribution in [3.8, 4) is 0 Å². The van der Waals surface area contributed by atoms with E-state index < -0.39 is 6.04 Å². The van der Waals surface area contributed by atoms with Gasteiger partial charge in [-0.15, -0.1) is 11.8 Å². The summed E-state index contributed by atoms with van der Waals surface area (Å²) in [7, 11) is 0. The number of unbranched alkanes of at least 4 members (excludes halogenated alkanes) is 1. The molecule has 0 aliphatic heterocycles. The molecule has 0 saturated heterocycles. The number of hydrogen-bond acceptors (Lipinski definition) is 3. The number of hydrogen-bond donors (Lipinski definition) is 1. The lowest BCUT2D eigenvalue weighted by molar-refractivity contribution is -0.139. The van der Waals surface area contributed by atoms with Crippen molar-refractivity contribution >= 4 is 58.4 Å². The van der Waals surface area contributed by atoms with Gasteiger partial charge in [-0.1, -0.05) is 103 Å². The molecular formula is C29H31Cl3N2O2S. The first kappa shape index (κ1) is 29.4. The molecule has 0 saturated carbocycles. The van der Waals surface area contributed by atoms with Gasteiger partial charge < -0.3 is 10.2 Å². The summed E-state index contributed by atoms with van der Waals surface area (Å²) in [6.07, 6.45) is 2.23. The largest absolute Gasteiger partial charge is 0.354 e. The van der Waals surface area contributed by atoms with Crippen molar-refractivity contribution in [2.45, 2.75) is 44.5 Å². The standard InChI is InChI=1S/C29H31Cl3N2O2S/c1-2-3-15-33-29(36)27(16-21-9-5-4-6-10-21)34(18-22-13-14-24(30)17-26(22)32)28(35)20-37-19-23-11-7-8-12-25(23)31/h4-14,17,27H,2-3,15-16,18-20H2,1H3,(H,33,36). The van der Waals surface area contributed by atoms with E-state index in [-0.39, 0.29) is 24.1 Å². The van der Waals surface area contributed by atoms with Crippen molar-refractivity contribution in [3.05, 3.63) is 105 Å². The molecule has 2 amide bonds. The molecule has 3 aromatic rings. The van der Waals surface area contributed by atoms with Gasteiger partial charge in [0, 0.05) is 40.3 Å². The number of nitrogens with one attached hydrogen (secondary N) is 1. The minimum absolute atomic E-state index is 0.144. The number of rotatable bonds is 13. The minimum Gasteiger partial charge on any atom is -0.354 e. The summed E-state index contributed by atoms with van der Waals surface area (Å²) in [6, 6.07) is 21.8. The fraction of sp³-hybridized carbons (Fsp3) is 0.310. The summed E-state index contributed by atoms with van der Waals surface area (Å²) in [5, 5.41) is 4.67. The van der Waals surface area contributed by atoms with E-state index in [0.717, 1.165) is 29.5 Å². The second-order valence-corrected chi connectivity index (χ2v) is 10.9. The smallest absolute Gasteiger partial charge is 0.243 e. The van der Waals surface area contributed by atoms with E-state index in [9.17, 15) is 9.59 Å². The van der Waals surface area contributed by atoms with Crippen LogP contribution in [0.4, 0.5) is 0 Å². The lowest BCUT2D eigenvalue weighted by atomic mass is 10.0.